The SMILES string of the molecule is C[C@H]1CCCN1C(=O)C1=CSCN1[C@H]1C[C@H](S(C)(=O)=O)C1. The number of carbonyl (C=O) groups is 1. The van der Waals surface area contributed by atoms with Gasteiger partial charge in [-0.25, -0.2) is 8.42 Å². The fraction of sp³-hybridized carbons (Fsp3) is 0.786. The van der Waals surface area contributed by atoms with Crippen LogP contribution in [0.4, 0.5) is 0 Å². The van der Waals surface area contributed by atoms with Crippen LogP contribution in [0, 0.1) is 0 Å². The second-order valence-electron chi connectivity index (χ2n) is 6.34. The van der Waals surface area contributed by atoms with E-state index in [4.69, 9.17) is 0 Å². The monoisotopic (exact) mass is 330 g/mol. The van der Waals surface area contributed by atoms with Crippen molar-refractivity contribution in [2.45, 2.75) is 49.9 Å². The third-order valence-corrected chi connectivity index (χ3v) is 7.28. The van der Waals surface area contributed by atoms with E-state index >= 15 is 0 Å². The number of amides is 1. The first kappa shape index (κ1) is 15.2. The van der Waals surface area contributed by atoms with Gasteiger partial charge in [0.2, 0.25) is 0 Å². The predicted octanol–water partition coefficient (Wildman–Crippen LogP) is 1.42. The molecule has 1 saturated heterocycles. The smallest absolute Gasteiger partial charge is 0.270 e. The lowest BCUT2D eigenvalue weighted by molar-refractivity contribution is -0.129. The first-order valence-electron chi connectivity index (χ1n) is 7.46. The maximum absolute atomic E-state index is 12.7. The summed E-state index contributed by atoms with van der Waals surface area (Å²) in [6.07, 6.45) is 4.76. The second kappa shape index (κ2) is 5.50. The highest BCUT2D eigenvalue weighted by molar-refractivity contribution is 8.02. The van der Waals surface area contributed by atoms with E-state index in [0.717, 1.165) is 31.0 Å². The molecule has 0 spiro atoms. The lowest BCUT2D eigenvalue weighted by atomic mass is 9.90. The Labute approximate surface area is 130 Å². The van der Waals surface area contributed by atoms with Gasteiger partial charge in [0.25, 0.3) is 5.91 Å². The molecule has 0 aromatic heterocycles. The Kier molecular flexibility index (Phi) is 3.98. The fourth-order valence-corrected chi connectivity index (χ4v) is 5.46. The molecule has 5 nitrogen and oxygen atoms in total. The molecule has 0 radical (unpaired) electrons. The van der Waals surface area contributed by atoms with Crippen LogP contribution in [0.15, 0.2) is 11.1 Å². The first-order valence-corrected chi connectivity index (χ1v) is 10.5. The fourth-order valence-electron chi connectivity index (χ4n) is 3.33. The van der Waals surface area contributed by atoms with Gasteiger partial charge in [0, 0.05) is 30.3 Å². The van der Waals surface area contributed by atoms with Gasteiger partial charge in [-0.1, -0.05) is 0 Å². The lowest BCUT2D eigenvalue weighted by Crippen LogP contribution is -2.50. The summed E-state index contributed by atoms with van der Waals surface area (Å²) in [6.45, 7) is 2.94. The van der Waals surface area contributed by atoms with Crippen molar-refractivity contribution in [1.82, 2.24) is 9.80 Å². The van der Waals surface area contributed by atoms with Crippen LogP contribution in [0.1, 0.15) is 32.6 Å². The van der Waals surface area contributed by atoms with E-state index in [9.17, 15) is 13.2 Å². The largest absolute Gasteiger partial charge is 0.354 e. The number of nitrogens with zero attached hydrogens (tertiary/aromatic N) is 2. The normalized spacial score (nSPS) is 33.0. The molecule has 21 heavy (non-hydrogen) atoms. The number of sulfone groups is 1. The predicted molar refractivity (Wildman–Crippen MR) is 84.4 cm³/mol. The molecule has 0 aromatic carbocycles. The zero-order valence-corrected chi connectivity index (χ0v) is 14.1. The number of hydrogen-bond acceptors (Lipinski definition) is 5. The average molecular weight is 330 g/mol. The quantitative estimate of drug-likeness (QED) is 0.783. The van der Waals surface area contributed by atoms with Crippen molar-refractivity contribution >= 4 is 27.5 Å². The average Bonchev–Trinajstić information content (AvgIpc) is 2.93. The first-order chi connectivity index (χ1) is 9.88. The van der Waals surface area contributed by atoms with Gasteiger partial charge in [-0.05, 0) is 32.6 Å². The number of hydrogen-bond donors (Lipinski definition) is 0. The zero-order valence-electron chi connectivity index (χ0n) is 12.5. The zero-order chi connectivity index (χ0) is 15.2. The van der Waals surface area contributed by atoms with Crippen molar-refractivity contribution in [2.75, 3.05) is 18.7 Å². The summed E-state index contributed by atoms with van der Waals surface area (Å²) in [5, 5.41) is 1.72. The molecule has 3 rings (SSSR count). The van der Waals surface area contributed by atoms with Crippen molar-refractivity contribution in [3.05, 3.63) is 11.1 Å². The molecule has 0 unspecified atom stereocenters. The highest BCUT2D eigenvalue weighted by atomic mass is 32.2. The molecule has 1 amide bonds. The molecule has 1 aliphatic carbocycles. The topological polar surface area (TPSA) is 57.7 Å². The van der Waals surface area contributed by atoms with Crippen LogP contribution >= 0.6 is 11.8 Å². The summed E-state index contributed by atoms with van der Waals surface area (Å²) < 4.78 is 23.1. The van der Waals surface area contributed by atoms with E-state index in [1.54, 1.807) is 11.8 Å². The van der Waals surface area contributed by atoms with E-state index in [1.165, 1.54) is 6.26 Å². The van der Waals surface area contributed by atoms with E-state index in [-0.39, 0.29) is 17.2 Å². The third-order valence-electron chi connectivity index (χ3n) is 4.87. The molecule has 118 valence electrons. The van der Waals surface area contributed by atoms with Crippen LogP contribution in [0.3, 0.4) is 0 Å². The van der Waals surface area contributed by atoms with Crippen molar-refractivity contribution in [2.24, 2.45) is 0 Å². The van der Waals surface area contributed by atoms with Gasteiger partial charge in [-0.3, -0.25) is 4.79 Å². The third kappa shape index (κ3) is 2.82. The molecule has 0 aromatic rings. The summed E-state index contributed by atoms with van der Waals surface area (Å²) in [4.78, 5) is 16.7. The van der Waals surface area contributed by atoms with Gasteiger partial charge in [0.05, 0.1) is 11.1 Å². The van der Waals surface area contributed by atoms with Gasteiger partial charge in [-0.15, -0.1) is 11.8 Å². The standard InChI is InChI=1S/C14H22N2O3S2/c1-10-4-3-5-15(10)14(17)13-8-20-9-16(13)11-6-12(7-11)21(2,18)19/h8,10-12H,3-7,9H2,1-2H3/t10-,11-,12-/m0/s1. The molecular formula is C14H22N2O3S2. The molecule has 3 aliphatic rings. The second-order valence-corrected chi connectivity index (χ2v) is 9.49. The Hall–Kier alpha value is -0.690. The molecule has 2 heterocycles. The summed E-state index contributed by atoms with van der Waals surface area (Å²) in [7, 11) is -2.94. The van der Waals surface area contributed by atoms with Crippen LogP contribution < -0.4 is 0 Å². The van der Waals surface area contributed by atoms with Gasteiger partial charge in [-0.2, -0.15) is 0 Å². The molecule has 0 bridgehead atoms. The number of rotatable bonds is 3. The summed E-state index contributed by atoms with van der Waals surface area (Å²) in [5.74, 6) is 0.887. The van der Waals surface area contributed by atoms with Crippen LogP contribution in [0.25, 0.3) is 0 Å². The molecule has 1 saturated carbocycles. The lowest BCUT2D eigenvalue weighted by Gasteiger charge is -2.42. The number of carbonyl (C=O) groups excluding carboxylic acids is 1. The minimum Gasteiger partial charge on any atom is -0.354 e. The van der Waals surface area contributed by atoms with E-state index in [0.29, 0.717) is 18.9 Å². The van der Waals surface area contributed by atoms with Gasteiger partial charge >= 0.3 is 0 Å². The van der Waals surface area contributed by atoms with Crippen molar-refractivity contribution in [3.8, 4) is 0 Å². The van der Waals surface area contributed by atoms with Crippen LogP contribution in [0.2, 0.25) is 0 Å². The van der Waals surface area contributed by atoms with Gasteiger partial charge in [0.15, 0.2) is 0 Å². The number of likely N-dealkylation sites (tertiary alicyclic amines) is 1. The molecule has 1 atom stereocenters. The highest BCUT2D eigenvalue weighted by Crippen LogP contribution is 2.38. The maximum atomic E-state index is 12.7. The van der Waals surface area contributed by atoms with Crippen molar-refractivity contribution in [1.29, 1.82) is 0 Å². The minimum atomic E-state index is -2.94. The van der Waals surface area contributed by atoms with Crippen LogP contribution in [0.5, 0.6) is 0 Å². The van der Waals surface area contributed by atoms with E-state index in [2.05, 4.69) is 11.8 Å². The Morgan fingerprint density at radius 1 is 1.38 bits per heavy atom. The Bertz CT molecular complexity index is 567. The van der Waals surface area contributed by atoms with Crippen molar-refractivity contribution < 1.29 is 13.2 Å². The summed E-state index contributed by atoms with van der Waals surface area (Å²) in [5.41, 5.74) is 0.769. The number of thioether (sulfide) groups is 1. The molecule has 0 N–H and O–H groups in total. The van der Waals surface area contributed by atoms with Crippen LogP contribution in [-0.2, 0) is 14.6 Å². The van der Waals surface area contributed by atoms with Gasteiger partial charge in [0.1, 0.15) is 15.5 Å². The van der Waals surface area contributed by atoms with Crippen molar-refractivity contribution in [3.63, 3.8) is 0 Å². The van der Waals surface area contributed by atoms with E-state index in [1.807, 2.05) is 10.3 Å². The van der Waals surface area contributed by atoms with E-state index < -0.39 is 9.84 Å². The maximum Gasteiger partial charge on any atom is 0.270 e. The van der Waals surface area contributed by atoms with Crippen LogP contribution in [-0.4, -0.2) is 60.1 Å². The Balaban J connectivity index is 1.65. The summed E-state index contributed by atoms with van der Waals surface area (Å²) >= 11 is 1.63. The minimum absolute atomic E-state index is 0.118. The molecular weight excluding hydrogens is 308 g/mol. The molecule has 7 heteroatoms. The summed E-state index contributed by atoms with van der Waals surface area (Å²) in [6, 6.07) is 0.517. The van der Waals surface area contributed by atoms with Gasteiger partial charge < -0.3 is 9.80 Å². The molecule has 2 aliphatic heterocycles. The Morgan fingerprint density at radius 3 is 2.67 bits per heavy atom. The Morgan fingerprint density at radius 2 is 2.10 bits per heavy atom. The molecule has 2 fully saturated rings. The highest BCUT2D eigenvalue weighted by Gasteiger charge is 2.43.